The van der Waals surface area contributed by atoms with Crippen LogP contribution in [0.15, 0.2) is 11.8 Å². The molecule has 0 aromatic carbocycles. The van der Waals surface area contributed by atoms with Crippen LogP contribution in [0.3, 0.4) is 0 Å². The third-order valence-electron chi connectivity index (χ3n) is 3.33. The highest BCUT2D eigenvalue weighted by atomic mass is 16.5. The summed E-state index contributed by atoms with van der Waals surface area (Å²) in [7, 11) is 0. The summed E-state index contributed by atoms with van der Waals surface area (Å²) in [6.07, 6.45) is 7.13. The first-order valence-electron chi connectivity index (χ1n) is 5.30. The zero-order valence-corrected chi connectivity index (χ0v) is 8.25. The van der Waals surface area contributed by atoms with Crippen LogP contribution < -0.4 is 0 Å². The minimum atomic E-state index is -0.614. The summed E-state index contributed by atoms with van der Waals surface area (Å²) < 4.78 is 5.44. The Balaban J connectivity index is 2.05. The van der Waals surface area contributed by atoms with Crippen molar-refractivity contribution in [2.45, 2.75) is 44.6 Å². The van der Waals surface area contributed by atoms with Crippen LogP contribution in [0.2, 0.25) is 0 Å². The molecule has 0 radical (unpaired) electrons. The summed E-state index contributed by atoms with van der Waals surface area (Å²) in [5.74, 6) is 1.54. The van der Waals surface area contributed by atoms with Gasteiger partial charge < -0.3 is 9.84 Å². The lowest BCUT2D eigenvalue weighted by atomic mass is 9.96. The fourth-order valence-corrected chi connectivity index (χ4v) is 2.44. The van der Waals surface area contributed by atoms with Crippen molar-refractivity contribution in [3.63, 3.8) is 0 Å². The van der Waals surface area contributed by atoms with Crippen LogP contribution in [0.4, 0.5) is 0 Å². The van der Waals surface area contributed by atoms with E-state index in [1.807, 2.05) is 0 Å². The summed E-state index contributed by atoms with van der Waals surface area (Å²) in [5, 5.41) is 10.3. The molecule has 1 aliphatic heterocycles. The third kappa shape index (κ3) is 1.60. The Labute approximate surface area is 79.6 Å². The number of rotatable bonds is 2. The SMILES string of the molecule is CCC1CCC(O)(C2=CCCO2)C1. The normalized spacial score (nSPS) is 38.9. The third-order valence-corrected chi connectivity index (χ3v) is 3.33. The predicted molar refractivity (Wildman–Crippen MR) is 51.2 cm³/mol. The molecule has 2 atom stereocenters. The second-order valence-corrected chi connectivity index (χ2v) is 4.25. The second-order valence-electron chi connectivity index (χ2n) is 4.25. The van der Waals surface area contributed by atoms with Gasteiger partial charge in [0.05, 0.1) is 6.61 Å². The van der Waals surface area contributed by atoms with Gasteiger partial charge in [-0.2, -0.15) is 0 Å². The second kappa shape index (κ2) is 3.33. The van der Waals surface area contributed by atoms with E-state index in [-0.39, 0.29) is 0 Å². The molecule has 0 aromatic rings. The lowest BCUT2D eigenvalue weighted by molar-refractivity contribution is 0.0217. The van der Waals surface area contributed by atoms with Crippen molar-refractivity contribution in [3.8, 4) is 0 Å². The summed E-state index contributed by atoms with van der Waals surface area (Å²) in [5.41, 5.74) is -0.614. The van der Waals surface area contributed by atoms with Crippen LogP contribution in [0, 0.1) is 5.92 Å². The monoisotopic (exact) mass is 182 g/mol. The highest BCUT2D eigenvalue weighted by Crippen LogP contribution is 2.42. The highest BCUT2D eigenvalue weighted by Gasteiger charge is 2.41. The lowest BCUT2D eigenvalue weighted by Crippen LogP contribution is -2.28. The van der Waals surface area contributed by atoms with Crippen LogP contribution in [0.5, 0.6) is 0 Å². The summed E-state index contributed by atoms with van der Waals surface area (Å²) in [6.45, 7) is 2.95. The van der Waals surface area contributed by atoms with E-state index in [1.54, 1.807) is 0 Å². The lowest BCUT2D eigenvalue weighted by Gasteiger charge is -2.23. The molecule has 2 nitrogen and oxygen atoms in total. The Hall–Kier alpha value is -0.500. The van der Waals surface area contributed by atoms with Gasteiger partial charge in [0.25, 0.3) is 0 Å². The van der Waals surface area contributed by atoms with E-state index in [9.17, 15) is 5.11 Å². The smallest absolute Gasteiger partial charge is 0.124 e. The number of hydrogen-bond acceptors (Lipinski definition) is 2. The molecule has 2 unspecified atom stereocenters. The first kappa shape index (κ1) is 9.07. The molecule has 2 aliphatic rings. The Morgan fingerprint density at radius 1 is 1.69 bits per heavy atom. The molecule has 2 heteroatoms. The fourth-order valence-electron chi connectivity index (χ4n) is 2.44. The molecule has 1 aliphatic carbocycles. The molecule has 2 rings (SSSR count). The topological polar surface area (TPSA) is 29.5 Å². The molecular weight excluding hydrogens is 164 g/mol. The Bertz CT molecular complexity index is 222. The van der Waals surface area contributed by atoms with Crippen molar-refractivity contribution in [1.29, 1.82) is 0 Å². The standard InChI is InChI=1S/C11H18O2/c1-2-9-5-6-11(12,8-9)10-4-3-7-13-10/h4,9,12H,2-3,5-8H2,1H3. The van der Waals surface area contributed by atoms with E-state index in [0.717, 1.165) is 38.0 Å². The maximum atomic E-state index is 10.3. The van der Waals surface area contributed by atoms with Crippen molar-refractivity contribution in [3.05, 3.63) is 11.8 Å². The molecule has 0 amide bonds. The van der Waals surface area contributed by atoms with Gasteiger partial charge in [-0.25, -0.2) is 0 Å². The first-order chi connectivity index (χ1) is 6.24. The zero-order valence-electron chi connectivity index (χ0n) is 8.25. The Kier molecular flexibility index (Phi) is 2.33. The molecule has 74 valence electrons. The van der Waals surface area contributed by atoms with Gasteiger partial charge in [-0.15, -0.1) is 0 Å². The molecular formula is C11H18O2. The van der Waals surface area contributed by atoms with E-state index in [2.05, 4.69) is 13.0 Å². The van der Waals surface area contributed by atoms with Crippen LogP contribution in [-0.2, 0) is 4.74 Å². The van der Waals surface area contributed by atoms with Gasteiger partial charge in [-0.3, -0.25) is 0 Å². The minimum absolute atomic E-state index is 0.614. The summed E-state index contributed by atoms with van der Waals surface area (Å²) >= 11 is 0. The van der Waals surface area contributed by atoms with E-state index >= 15 is 0 Å². The van der Waals surface area contributed by atoms with Crippen molar-refractivity contribution < 1.29 is 9.84 Å². The van der Waals surface area contributed by atoms with Gasteiger partial charge in [-0.05, 0) is 31.3 Å². The first-order valence-corrected chi connectivity index (χ1v) is 5.30. The summed E-state index contributed by atoms with van der Waals surface area (Å²) in [6, 6.07) is 0. The van der Waals surface area contributed by atoms with Gasteiger partial charge in [0.1, 0.15) is 11.4 Å². The molecule has 0 aromatic heterocycles. The number of hydrogen-bond donors (Lipinski definition) is 1. The highest BCUT2D eigenvalue weighted by molar-refractivity contribution is 5.15. The van der Waals surface area contributed by atoms with E-state index in [4.69, 9.17) is 4.74 Å². The average molecular weight is 182 g/mol. The number of ether oxygens (including phenoxy) is 1. The quantitative estimate of drug-likeness (QED) is 0.709. The maximum Gasteiger partial charge on any atom is 0.124 e. The average Bonchev–Trinajstić information content (AvgIpc) is 2.72. The van der Waals surface area contributed by atoms with Gasteiger partial charge in [-0.1, -0.05) is 13.3 Å². The minimum Gasteiger partial charge on any atom is -0.495 e. The van der Waals surface area contributed by atoms with Gasteiger partial charge in [0, 0.05) is 6.42 Å². The van der Waals surface area contributed by atoms with E-state index < -0.39 is 5.60 Å². The van der Waals surface area contributed by atoms with Crippen LogP contribution in [-0.4, -0.2) is 17.3 Å². The zero-order chi connectivity index (χ0) is 9.31. The molecule has 1 fully saturated rings. The largest absolute Gasteiger partial charge is 0.495 e. The van der Waals surface area contributed by atoms with Gasteiger partial charge in [0.15, 0.2) is 0 Å². The van der Waals surface area contributed by atoms with Crippen LogP contribution >= 0.6 is 0 Å². The molecule has 1 heterocycles. The van der Waals surface area contributed by atoms with Gasteiger partial charge in [0.2, 0.25) is 0 Å². The van der Waals surface area contributed by atoms with Crippen molar-refractivity contribution in [1.82, 2.24) is 0 Å². The molecule has 13 heavy (non-hydrogen) atoms. The Morgan fingerprint density at radius 3 is 3.08 bits per heavy atom. The molecule has 0 bridgehead atoms. The van der Waals surface area contributed by atoms with Crippen molar-refractivity contribution in [2.75, 3.05) is 6.61 Å². The maximum absolute atomic E-state index is 10.3. The molecule has 1 saturated carbocycles. The van der Waals surface area contributed by atoms with Crippen LogP contribution in [0.1, 0.15) is 39.0 Å². The molecule has 0 spiro atoms. The Morgan fingerprint density at radius 2 is 2.54 bits per heavy atom. The van der Waals surface area contributed by atoms with Crippen molar-refractivity contribution >= 4 is 0 Å². The molecule has 1 N–H and O–H groups in total. The van der Waals surface area contributed by atoms with E-state index in [0.29, 0.717) is 5.92 Å². The van der Waals surface area contributed by atoms with Crippen LogP contribution in [0.25, 0.3) is 0 Å². The van der Waals surface area contributed by atoms with Crippen molar-refractivity contribution in [2.24, 2.45) is 5.92 Å². The fraction of sp³-hybridized carbons (Fsp3) is 0.818. The van der Waals surface area contributed by atoms with E-state index in [1.165, 1.54) is 6.42 Å². The number of aliphatic hydroxyl groups is 1. The molecule has 0 saturated heterocycles. The predicted octanol–water partition coefficient (Wildman–Crippen LogP) is 2.23. The summed E-state index contributed by atoms with van der Waals surface area (Å²) in [4.78, 5) is 0. The van der Waals surface area contributed by atoms with Gasteiger partial charge >= 0.3 is 0 Å².